The van der Waals surface area contributed by atoms with Crippen LogP contribution in [0.5, 0.6) is 5.75 Å². The number of hydrogen-bond donors (Lipinski definition) is 3. The summed E-state index contributed by atoms with van der Waals surface area (Å²) in [6, 6.07) is 3.69. The normalized spacial score (nSPS) is 12.1. The molecule has 3 N–H and O–H groups in total. The highest BCUT2D eigenvalue weighted by Crippen LogP contribution is 2.41. The molecule has 1 aromatic rings. The van der Waals surface area contributed by atoms with Gasteiger partial charge < -0.3 is 14.9 Å². The predicted octanol–water partition coefficient (Wildman–Crippen LogP) is 7.43. The lowest BCUT2D eigenvalue weighted by Crippen LogP contribution is -2.20. The number of unbranched alkanes of at least 4 members (excludes halogenated alkanes) is 9. The lowest BCUT2D eigenvalue weighted by Gasteiger charge is -2.28. The summed E-state index contributed by atoms with van der Waals surface area (Å²) in [5.74, 6) is 0.300. The number of ether oxygens (including phenoxy) is 1. The van der Waals surface area contributed by atoms with Gasteiger partial charge in [0.25, 0.3) is 0 Å². The summed E-state index contributed by atoms with van der Waals surface area (Å²) in [5.41, 5.74) is 1.79. The Hall–Kier alpha value is -1.75. The monoisotopic (exact) mass is 449 g/mol. The fraction of sp³-hybridized carbons (Fsp3) is 0.741. The van der Waals surface area contributed by atoms with Crippen molar-refractivity contribution in [3.63, 3.8) is 0 Å². The molecule has 0 atom stereocenters. The molecular formula is C27H47NO4. The molecule has 1 aromatic carbocycles. The van der Waals surface area contributed by atoms with Crippen molar-refractivity contribution in [2.24, 2.45) is 0 Å². The van der Waals surface area contributed by atoms with Crippen LogP contribution in [0.15, 0.2) is 12.1 Å². The Morgan fingerprint density at radius 2 is 1.19 bits per heavy atom. The summed E-state index contributed by atoms with van der Waals surface area (Å²) in [6.45, 7) is 13.0. The first-order valence-electron chi connectivity index (χ1n) is 12.4. The fourth-order valence-electron chi connectivity index (χ4n) is 3.80. The first-order chi connectivity index (χ1) is 15.0. The van der Waals surface area contributed by atoms with Gasteiger partial charge in [0.2, 0.25) is 0 Å². The van der Waals surface area contributed by atoms with E-state index in [0.29, 0.717) is 24.7 Å². The predicted molar refractivity (Wildman–Crippen MR) is 134 cm³/mol. The SMILES string of the molecule is CC(C)(C)c1cc(NC(=O)OCCCCCCCCCCCCO)cc(C(C)(C)C)c1O. The zero-order valence-corrected chi connectivity index (χ0v) is 21.4. The van der Waals surface area contributed by atoms with Crippen LogP contribution in [0.3, 0.4) is 0 Å². The van der Waals surface area contributed by atoms with Crippen molar-refractivity contribution in [1.82, 2.24) is 0 Å². The van der Waals surface area contributed by atoms with Crippen molar-refractivity contribution < 1.29 is 19.7 Å². The number of aromatic hydroxyl groups is 1. The van der Waals surface area contributed by atoms with E-state index in [1.807, 2.05) is 53.7 Å². The number of aliphatic hydroxyl groups is 1. The Morgan fingerprint density at radius 1 is 0.781 bits per heavy atom. The van der Waals surface area contributed by atoms with E-state index < -0.39 is 6.09 Å². The summed E-state index contributed by atoms with van der Waals surface area (Å²) in [6.07, 6.45) is 11.0. The molecule has 0 aromatic heterocycles. The second-order valence-electron chi connectivity index (χ2n) is 10.9. The topological polar surface area (TPSA) is 78.8 Å². The van der Waals surface area contributed by atoms with Gasteiger partial charge in [-0.3, -0.25) is 5.32 Å². The van der Waals surface area contributed by atoms with Crippen LogP contribution in [-0.2, 0) is 15.6 Å². The van der Waals surface area contributed by atoms with Gasteiger partial charge in [0.15, 0.2) is 0 Å². The Balaban J connectivity index is 2.39. The molecule has 0 aliphatic rings. The number of amides is 1. The largest absolute Gasteiger partial charge is 0.507 e. The van der Waals surface area contributed by atoms with Crippen molar-refractivity contribution in [2.75, 3.05) is 18.5 Å². The Bertz CT molecular complexity index is 651. The van der Waals surface area contributed by atoms with Crippen molar-refractivity contribution in [3.05, 3.63) is 23.3 Å². The summed E-state index contributed by atoms with van der Waals surface area (Å²) in [4.78, 5) is 12.3. The van der Waals surface area contributed by atoms with E-state index in [0.717, 1.165) is 36.8 Å². The number of phenols is 1. The summed E-state index contributed by atoms with van der Waals surface area (Å²) >= 11 is 0. The maximum absolute atomic E-state index is 12.3. The molecule has 0 saturated heterocycles. The second-order valence-corrected chi connectivity index (χ2v) is 10.9. The minimum atomic E-state index is -0.446. The molecule has 0 heterocycles. The molecule has 184 valence electrons. The second kappa shape index (κ2) is 13.7. The highest BCUT2D eigenvalue weighted by Gasteiger charge is 2.27. The van der Waals surface area contributed by atoms with Gasteiger partial charge in [-0.25, -0.2) is 4.79 Å². The van der Waals surface area contributed by atoms with Gasteiger partial charge in [-0.1, -0.05) is 92.9 Å². The van der Waals surface area contributed by atoms with Crippen LogP contribution in [0.2, 0.25) is 0 Å². The highest BCUT2D eigenvalue weighted by molar-refractivity contribution is 5.85. The number of carbonyl (C=O) groups excluding carboxylic acids is 1. The van der Waals surface area contributed by atoms with Gasteiger partial charge >= 0.3 is 6.09 Å². The minimum Gasteiger partial charge on any atom is -0.507 e. The molecule has 0 radical (unpaired) electrons. The molecule has 1 amide bonds. The van der Waals surface area contributed by atoms with Crippen molar-refractivity contribution in [1.29, 1.82) is 0 Å². The number of aliphatic hydroxyl groups excluding tert-OH is 1. The van der Waals surface area contributed by atoms with E-state index in [-0.39, 0.29) is 10.8 Å². The van der Waals surface area contributed by atoms with Crippen molar-refractivity contribution in [3.8, 4) is 5.75 Å². The summed E-state index contributed by atoms with van der Waals surface area (Å²) in [5, 5.41) is 22.4. The summed E-state index contributed by atoms with van der Waals surface area (Å²) < 4.78 is 5.38. The molecule has 0 aliphatic carbocycles. The molecule has 5 nitrogen and oxygen atoms in total. The average Bonchev–Trinajstić information content (AvgIpc) is 2.68. The highest BCUT2D eigenvalue weighted by atomic mass is 16.5. The Kier molecular flexibility index (Phi) is 12.1. The molecule has 0 unspecified atom stereocenters. The van der Waals surface area contributed by atoms with Gasteiger partial charge in [-0.15, -0.1) is 0 Å². The van der Waals surface area contributed by atoms with E-state index in [1.54, 1.807) is 0 Å². The van der Waals surface area contributed by atoms with E-state index in [1.165, 1.54) is 38.5 Å². The number of phenolic OH excluding ortho intramolecular Hbond substituents is 1. The van der Waals surface area contributed by atoms with E-state index >= 15 is 0 Å². The van der Waals surface area contributed by atoms with Gasteiger partial charge in [0.1, 0.15) is 5.75 Å². The quantitative estimate of drug-likeness (QED) is 0.216. The molecule has 0 aliphatic heterocycles. The lowest BCUT2D eigenvalue weighted by atomic mass is 9.79. The maximum Gasteiger partial charge on any atom is 0.411 e. The van der Waals surface area contributed by atoms with Crippen LogP contribution in [-0.4, -0.2) is 29.5 Å². The maximum atomic E-state index is 12.3. The molecule has 0 fully saturated rings. The lowest BCUT2D eigenvalue weighted by molar-refractivity contribution is 0.159. The van der Waals surface area contributed by atoms with Gasteiger partial charge in [-0.2, -0.15) is 0 Å². The number of anilines is 1. The smallest absolute Gasteiger partial charge is 0.411 e. The molecule has 1 rings (SSSR count). The third kappa shape index (κ3) is 10.7. The Morgan fingerprint density at radius 3 is 1.59 bits per heavy atom. The van der Waals surface area contributed by atoms with Crippen LogP contribution < -0.4 is 5.32 Å². The molecule has 32 heavy (non-hydrogen) atoms. The van der Waals surface area contributed by atoms with Crippen LogP contribution in [0.4, 0.5) is 10.5 Å². The molecule has 0 spiro atoms. The van der Waals surface area contributed by atoms with Crippen molar-refractivity contribution >= 4 is 11.8 Å². The molecule has 0 bridgehead atoms. The number of benzene rings is 1. The standard InChI is InChI=1S/C27H47NO4/c1-26(2,3)22-19-21(20-23(24(22)30)27(4,5)6)28-25(31)32-18-16-14-12-10-8-7-9-11-13-15-17-29/h19-20,29-30H,7-18H2,1-6H3,(H,28,31). The van der Waals surface area contributed by atoms with Crippen LogP contribution in [0.25, 0.3) is 0 Å². The molecular weight excluding hydrogens is 402 g/mol. The van der Waals surface area contributed by atoms with Crippen LogP contribution in [0.1, 0.15) is 117 Å². The average molecular weight is 450 g/mol. The zero-order chi connectivity index (χ0) is 24.2. The van der Waals surface area contributed by atoms with Gasteiger partial charge in [0, 0.05) is 23.4 Å². The zero-order valence-electron chi connectivity index (χ0n) is 21.4. The number of carbonyl (C=O) groups is 1. The molecule has 5 heteroatoms. The first-order valence-corrected chi connectivity index (χ1v) is 12.4. The van der Waals surface area contributed by atoms with Crippen molar-refractivity contribution in [2.45, 2.75) is 117 Å². The van der Waals surface area contributed by atoms with Crippen LogP contribution in [0, 0.1) is 0 Å². The number of hydrogen-bond acceptors (Lipinski definition) is 4. The number of rotatable bonds is 13. The summed E-state index contributed by atoms with van der Waals surface area (Å²) in [7, 11) is 0. The minimum absolute atomic E-state index is 0.245. The van der Waals surface area contributed by atoms with E-state index in [2.05, 4.69) is 5.32 Å². The third-order valence-corrected chi connectivity index (χ3v) is 5.76. The molecule has 0 saturated carbocycles. The van der Waals surface area contributed by atoms with E-state index in [4.69, 9.17) is 9.84 Å². The Labute approximate surface area is 196 Å². The number of nitrogens with one attached hydrogen (secondary N) is 1. The fourth-order valence-corrected chi connectivity index (χ4v) is 3.80. The first kappa shape index (κ1) is 28.3. The third-order valence-electron chi connectivity index (χ3n) is 5.76. The van der Waals surface area contributed by atoms with E-state index in [9.17, 15) is 9.90 Å². The van der Waals surface area contributed by atoms with Crippen LogP contribution >= 0.6 is 0 Å². The van der Waals surface area contributed by atoms with Gasteiger partial charge in [-0.05, 0) is 35.8 Å². The van der Waals surface area contributed by atoms with Gasteiger partial charge in [0.05, 0.1) is 6.61 Å².